The van der Waals surface area contributed by atoms with Crippen LogP contribution in [0.5, 0.6) is 0 Å². The van der Waals surface area contributed by atoms with E-state index in [1.54, 1.807) is 55.5 Å². The van der Waals surface area contributed by atoms with Crippen molar-refractivity contribution in [1.82, 2.24) is 0 Å². The second kappa shape index (κ2) is 8.67. The van der Waals surface area contributed by atoms with Gasteiger partial charge >= 0.3 is 11.6 Å². The van der Waals surface area contributed by atoms with Gasteiger partial charge in [-0.2, -0.15) is 0 Å². The molecule has 1 N–H and O–H groups in total. The Morgan fingerprint density at radius 2 is 1.52 bits per heavy atom. The molecule has 6 heteroatoms. The molecule has 0 fully saturated rings. The average Bonchev–Trinajstić information content (AvgIpc) is 2.80. The molecule has 0 spiro atoms. The number of fused-ring (bicyclic) bond motifs is 1. The Labute approximate surface area is 178 Å². The Morgan fingerprint density at radius 3 is 2.26 bits per heavy atom. The van der Waals surface area contributed by atoms with E-state index in [1.165, 1.54) is 0 Å². The van der Waals surface area contributed by atoms with Crippen molar-refractivity contribution >= 4 is 28.3 Å². The fourth-order valence-corrected chi connectivity index (χ4v) is 3.41. The molecule has 0 aliphatic carbocycles. The first-order valence-corrected chi connectivity index (χ1v) is 9.79. The molecule has 0 aliphatic rings. The number of carbonyl (C=O) groups excluding carboxylic acids is 2. The van der Waals surface area contributed by atoms with Gasteiger partial charge in [0.15, 0.2) is 0 Å². The average molecular weight is 413 g/mol. The predicted molar refractivity (Wildman–Crippen MR) is 118 cm³/mol. The van der Waals surface area contributed by atoms with Gasteiger partial charge < -0.3 is 14.5 Å². The summed E-state index contributed by atoms with van der Waals surface area (Å²) in [7, 11) is 0. The third-order valence-corrected chi connectivity index (χ3v) is 4.78. The minimum Gasteiger partial charge on any atom is -0.462 e. The summed E-state index contributed by atoms with van der Waals surface area (Å²) in [5.74, 6) is -1.33. The van der Waals surface area contributed by atoms with Crippen molar-refractivity contribution < 1.29 is 18.7 Å². The standard InChI is InChI=1S/C25H19NO5/c1-2-30-24(28)19-14-8-9-15-20(19)26-23(27)22-21(16-10-4-3-5-11-16)17-12-6-7-13-18(17)25(29)31-22/h3-15H,2H2,1H3,(H,26,27). The second-order valence-electron chi connectivity index (χ2n) is 6.73. The van der Waals surface area contributed by atoms with Crippen LogP contribution in [0.15, 0.2) is 88.1 Å². The van der Waals surface area contributed by atoms with Gasteiger partial charge in [0.25, 0.3) is 5.91 Å². The zero-order valence-corrected chi connectivity index (χ0v) is 16.8. The van der Waals surface area contributed by atoms with E-state index >= 15 is 0 Å². The lowest BCUT2D eigenvalue weighted by Gasteiger charge is -2.13. The number of esters is 1. The number of hydrogen-bond acceptors (Lipinski definition) is 5. The molecule has 0 bridgehead atoms. The maximum absolute atomic E-state index is 13.2. The molecule has 3 aromatic carbocycles. The van der Waals surface area contributed by atoms with Gasteiger partial charge in [-0.25, -0.2) is 9.59 Å². The van der Waals surface area contributed by atoms with Gasteiger partial charge in [-0.3, -0.25) is 4.79 Å². The van der Waals surface area contributed by atoms with E-state index in [0.717, 1.165) is 5.56 Å². The van der Waals surface area contributed by atoms with E-state index in [1.807, 2.05) is 30.3 Å². The first-order chi connectivity index (χ1) is 15.1. The highest BCUT2D eigenvalue weighted by molar-refractivity contribution is 6.13. The summed E-state index contributed by atoms with van der Waals surface area (Å²) < 4.78 is 10.5. The van der Waals surface area contributed by atoms with Crippen molar-refractivity contribution in [3.05, 3.63) is 101 Å². The first-order valence-electron chi connectivity index (χ1n) is 9.79. The first kappa shape index (κ1) is 20.1. The van der Waals surface area contributed by atoms with Crippen molar-refractivity contribution in [2.24, 2.45) is 0 Å². The van der Waals surface area contributed by atoms with Crippen LogP contribution in [0.1, 0.15) is 27.8 Å². The van der Waals surface area contributed by atoms with Crippen LogP contribution in [0.3, 0.4) is 0 Å². The molecule has 4 aromatic rings. The molecule has 0 aliphatic heterocycles. The Balaban J connectivity index is 1.85. The number of hydrogen-bond donors (Lipinski definition) is 1. The van der Waals surface area contributed by atoms with Gasteiger partial charge in [0.05, 0.1) is 23.2 Å². The molecule has 0 saturated carbocycles. The summed E-state index contributed by atoms with van der Waals surface area (Å²) in [5.41, 5.74) is 1.09. The van der Waals surface area contributed by atoms with Crippen LogP contribution in [0, 0.1) is 0 Å². The molecule has 0 saturated heterocycles. The van der Waals surface area contributed by atoms with Crippen LogP contribution >= 0.6 is 0 Å². The van der Waals surface area contributed by atoms with E-state index in [0.29, 0.717) is 16.3 Å². The van der Waals surface area contributed by atoms with Crippen LogP contribution in [-0.4, -0.2) is 18.5 Å². The highest BCUT2D eigenvalue weighted by Gasteiger charge is 2.23. The normalized spacial score (nSPS) is 10.6. The Morgan fingerprint density at radius 1 is 0.871 bits per heavy atom. The Hall–Kier alpha value is -4.19. The zero-order chi connectivity index (χ0) is 21.8. The lowest BCUT2D eigenvalue weighted by Crippen LogP contribution is -2.19. The fourth-order valence-electron chi connectivity index (χ4n) is 3.41. The lowest BCUT2D eigenvalue weighted by atomic mass is 9.98. The summed E-state index contributed by atoms with van der Waals surface area (Å²) in [6.07, 6.45) is 0. The van der Waals surface area contributed by atoms with E-state index in [9.17, 15) is 14.4 Å². The number of nitrogens with one attached hydrogen (secondary N) is 1. The van der Waals surface area contributed by atoms with Crippen molar-refractivity contribution in [3.8, 4) is 11.1 Å². The lowest BCUT2D eigenvalue weighted by molar-refractivity contribution is 0.0527. The molecule has 1 heterocycles. The molecule has 0 radical (unpaired) electrons. The smallest absolute Gasteiger partial charge is 0.344 e. The third kappa shape index (κ3) is 3.96. The van der Waals surface area contributed by atoms with Crippen molar-refractivity contribution in [1.29, 1.82) is 0 Å². The summed E-state index contributed by atoms with van der Waals surface area (Å²) in [5, 5.41) is 3.68. The minimum atomic E-state index is -0.640. The number of amides is 1. The molecule has 31 heavy (non-hydrogen) atoms. The van der Waals surface area contributed by atoms with Crippen molar-refractivity contribution in [3.63, 3.8) is 0 Å². The maximum atomic E-state index is 13.2. The van der Waals surface area contributed by atoms with Crippen LogP contribution in [0.2, 0.25) is 0 Å². The SMILES string of the molecule is CCOC(=O)c1ccccc1NC(=O)c1oc(=O)c2ccccc2c1-c1ccccc1. The number of anilines is 1. The molecule has 0 atom stereocenters. The quantitative estimate of drug-likeness (QED) is 0.471. The zero-order valence-electron chi connectivity index (χ0n) is 16.8. The van der Waals surface area contributed by atoms with Gasteiger partial charge in [0.1, 0.15) is 0 Å². The van der Waals surface area contributed by atoms with E-state index in [2.05, 4.69) is 5.32 Å². The van der Waals surface area contributed by atoms with Gasteiger partial charge in [-0.1, -0.05) is 60.7 Å². The van der Waals surface area contributed by atoms with Crippen molar-refractivity contribution in [2.75, 3.05) is 11.9 Å². The number of ether oxygens (including phenoxy) is 1. The summed E-state index contributed by atoms with van der Waals surface area (Å²) in [4.78, 5) is 38.1. The van der Waals surface area contributed by atoms with E-state index in [4.69, 9.17) is 9.15 Å². The van der Waals surface area contributed by atoms with E-state index < -0.39 is 17.5 Å². The molecule has 1 amide bonds. The van der Waals surface area contributed by atoms with Gasteiger partial charge in [0.2, 0.25) is 5.76 Å². The summed E-state index contributed by atoms with van der Waals surface area (Å²) in [6.45, 7) is 1.91. The van der Waals surface area contributed by atoms with Gasteiger partial charge in [-0.15, -0.1) is 0 Å². The summed E-state index contributed by atoms with van der Waals surface area (Å²) in [6, 6.07) is 22.7. The Bertz CT molecular complexity index is 1320. The molecule has 4 rings (SSSR count). The molecular weight excluding hydrogens is 394 g/mol. The van der Waals surface area contributed by atoms with Crippen LogP contribution in [0.4, 0.5) is 5.69 Å². The number of rotatable bonds is 5. The highest BCUT2D eigenvalue weighted by Crippen LogP contribution is 2.31. The predicted octanol–water partition coefficient (Wildman–Crippen LogP) is 4.89. The van der Waals surface area contributed by atoms with Gasteiger partial charge in [0, 0.05) is 10.9 Å². The van der Waals surface area contributed by atoms with Crippen LogP contribution < -0.4 is 10.9 Å². The van der Waals surface area contributed by atoms with Crippen LogP contribution in [-0.2, 0) is 4.74 Å². The molecule has 154 valence electrons. The largest absolute Gasteiger partial charge is 0.462 e. The monoisotopic (exact) mass is 413 g/mol. The molecule has 6 nitrogen and oxygen atoms in total. The minimum absolute atomic E-state index is 0.131. The number of para-hydroxylation sites is 1. The number of benzene rings is 3. The van der Waals surface area contributed by atoms with E-state index in [-0.39, 0.29) is 23.6 Å². The van der Waals surface area contributed by atoms with Gasteiger partial charge in [-0.05, 0) is 30.7 Å². The highest BCUT2D eigenvalue weighted by atomic mass is 16.5. The Kier molecular flexibility index (Phi) is 5.62. The second-order valence-corrected chi connectivity index (χ2v) is 6.73. The molecule has 0 unspecified atom stereocenters. The van der Waals surface area contributed by atoms with Crippen LogP contribution in [0.25, 0.3) is 21.9 Å². The third-order valence-electron chi connectivity index (χ3n) is 4.78. The fraction of sp³-hybridized carbons (Fsp3) is 0.0800. The molecule has 1 aromatic heterocycles. The number of carbonyl (C=O) groups is 2. The molecular formula is C25H19NO5. The van der Waals surface area contributed by atoms with Crippen molar-refractivity contribution in [2.45, 2.75) is 6.92 Å². The summed E-state index contributed by atoms with van der Waals surface area (Å²) >= 11 is 0. The topological polar surface area (TPSA) is 85.6 Å². The maximum Gasteiger partial charge on any atom is 0.344 e.